The Morgan fingerprint density at radius 2 is 2.14 bits per heavy atom. The molecular weight excluding hydrogens is 266 g/mol. The molecule has 0 spiro atoms. The molecule has 1 N–H and O–H groups in total. The zero-order valence-electron chi connectivity index (χ0n) is 13.4. The SMILES string of the molecule is COc1ccc2c(c1)CCCC2NCC(=O)OC(C)(C)C. The first-order valence-corrected chi connectivity index (χ1v) is 7.51. The van der Waals surface area contributed by atoms with Crippen molar-refractivity contribution in [2.75, 3.05) is 13.7 Å². The first-order valence-electron chi connectivity index (χ1n) is 7.51. The summed E-state index contributed by atoms with van der Waals surface area (Å²) in [6, 6.07) is 6.38. The highest BCUT2D eigenvalue weighted by atomic mass is 16.6. The van der Waals surface area contributed by atoms with Crippen LogP contribution in [0.5, 0.6) is 5.75 Å². The molecule has 0 saturated heterocycles. The molecule has 0 aromatic heterocycles. The minimum absolute atomic E-state index is 0.205. The third-order valence-electron chi connectivity index (χ3n) is 3.58. The second-order valence-electron chi connectivity index (χ2n) is 6.48. The topological polar surface area (TPSA) is 47.6 Å². The van der Waals surface area contributed by atoms with Crippen molar-refractivity contribution in [2.45, 2.75) is 51.7 Å². The van der Waals surface area contributed by atoms with E-state index in [0.717, 1.165) is 25.0 Å². The van der Waals surface area contributed by atoms with Gasteiger partial charge in [0.1, 0.15) is 11.4 Å². The molecule has 4 heteroatoms. The van der Waals surface area contributed by atoms with Crippen molar-refractivity contribution in [1.29, 1.82) is 0 Å². The zero-order chi connectivity index (χ0) is 15.5. The fourth-order valence-corrected chi connectivity index (χ4v) is 2.71. The number of hydrogen-bond acceptors (Lipinski definition) is 4. The fraction of sp³-hybridized carbons (Fsp3) is 0.588. The van der Waals surface area contributed by atoms with E-state index in [4.69, 9.17) is 9.47 Å². The summed E-state index contributed by atoms with van der Waals surface area (Å²) in [5.74, 6) is 0.685. The molecule has 0 radical (unpaired) electrons. The van der Waals surface area contributed by atoms with Gasteiger partial charge in [0.2, 0.25) is 0 Å². The van der Waals surface area contributed by atoms with Gasteiger partial charge in [-0.1, -0.05) is 6.07 Å². The van der Waals surface area contributed by atoms with Crippen molar-refractivity contribution < 1.29 is 14.3 Å². The van der Waals surface area contributed by atoms with Crippen LogP contribution in [0.2, 0.25) is 0 Å². The Kier molecular flexibility index (Phi) is 4.88. The van der Waals surface area contributed by atoms with Crippen molar-refractivity contribution in [1.82, 2.24) is 5.32 Å². The fourth-order valence-electron chi connectivity index (χ4n) is 2.71. The number of ether oxygens (including phenoxy) is 2. The molecule has 0 saturated carbocycles. The normalized spacial score (nSPS) is 18.0. The number of fused-ring (bicyclic) bond motifs is 1. The number of hydrogen-bond donors (Lipinski definition) is 1. The predicted octanol–water partition coefficient (Wildman–Crippen LogP) is 3.00. The van der Waals surface area contributed by atoms with Crippen LogP contribution in [0.1, 0.15) is 50.8 Å². The highest BCUT2D eigenvalue weighted by Crippen LogP contribution is 2.32. The van der Waals surface area contributed by atoms with E-state index in [1.54, 1.807) is 7.11 Å². The summed E-state index contributed by atoms with van der Waals surface area (Å²) in [5, 5.41) is 3.32. The maximum absolute atomic E-state index is 11.8. The molecule has 2 rings (SSSR count). The van der Waals surface area contributed by atoms with Crippen LogP contribution in [0, 0.1) is 0 Å². The van der Waals surface area contributed by atoms with Crippen LogP contribution in [-0.2, 0) is 16.0 Å². The Morgan fingerprint density at radius 1 is 1.38 bits per heavy atom. The van der Waals surface area contributed by atoms with Crippen molar-refractivity contribution in [3.05, 3.63) is 29.3 Å². The van der Waals surface area contributed by atoms with Gasteiger partial charge < -0.3 is 14.8 Å². The second kappa shape index (κ2) is 6.48. The standard InChI is InChI=1S/C17H25NO3/c1-17(2,3)21-16(19)11-18-15-7-5-6-12-10-13(20-4)8-9-14(12)15/h8-10,15,18H,5-7,11H2,1-4H3. The number of aryl methyl sites for hydroxylation is 1. The number of benzene rings is 1. The molecule has 0 fully saturated rings. The number of esters is 1. The lowest BCUT2D eigenvalue weighted by Crippen LogP contribution is -2.34. The van der Waals surface area contributed by atoms with Gasteiger partial charge in [0, 0.05) is 6.04 Å². The van der Waals surface area contributed by atoms with Crippen LogP contribution in [0.4, 0.5) is 0 Å². The monoisotopic (exact) mass is 291 g/mol. The third-order valence-corrected chi connectivity index (χ3v) is 3.58. The average molecular weight is 291 g/mol. The lowest BCUT2D eigenvalue weighted by atomic mass is 9.87. The van der Waals surface area contributed by atoms with Gasteiger partial charge in [-0.15, -0.1) is 0 Å². The van der Waals surface area contributed by atoms with Crippen LogP contribution >= 0.6 is 0 Å². The maximum Gasteiger partial charge on any atom is 0.320 e. The molecule has 0 amide bonds. The molecule has 0 aliphatic heterocycles. The molecule has 0 heterocycles. The molecule has 1 aliphatic carbocycles. The largest absolute Gasteiger partial charge is 0.497 e. The number of methoxy groups -OCH3 is 1. The molecular formula is C17H25NO3. The highest BCUT2D eigenvalue weighted by Gasteiger charge is 2.22. The van der Waals surface area contributed by atoms with Crippen LogP contribution in [0.25, 0.3) is 0 Å². The lowest BCUT2D eigenvalue weighted by molar-refractivity contribution is -0.153. The first kappa shape index (κ1) is 15.8. The Hall–Kier alpha value is -1.55. The van der Waals surface area contributed by atoms with Crippen LogP contribution in [-0.4, -0.2) is 25.2 Å². The molecule has 1 aromatic rings. The van der Waals surface area contributed by atoms with Gasteiger partial charge in [0.25, 0.3) is 0 Å². The molecule has 0 bridgehead atoms. The summed E-state index contributed by atoms with van der Waals surface area (Å²) >= 11 is 0. The zero-order valence-corrected chi connectivity index (χ0v) is 13.4. The number of rotatable bonds is 4. The summed E-state index contributed by atoms with van der Waals surface area (Å²) < 4.78 is 10.6. The molecule has 1 aliphatic rings. The van der Waals surface area contributed by atoms with E-state index < -0.39 is 5.60 Å². The van der Waals surface area contributed by atoms with Crippen molar-refractivity contribution in [3.8, 4) is 5.75 Å². The van der Waals surface area contributed by atoms with E-state index in [1.807, 2.05) is 26.8 Å². The Balaban J connectivity index is 1.99. The molecule has 1 aromatic carbocycles. The first-order chi connectivity index (χ1) is 9.89. The maximum atomic E-state index is 11.8. The van der Waals surface area contributed by atoms with E-state index in [-0.39, 0.29) is 18.6 Å². The van der Waals surface area contributed by atoms with Crippen LogP contribution in [0.3, 0.4) is 0 Å². The smallest absolute Gasteiger partial charge is 0.320 e. The van der Waals surface area contributed by atoms with Gasteiger partial charge in [-0.3, -0.25) is 4.79 Å². The number of nitrogens with one attached hydrogen (secondary N) is 1. The molecule has 116 valence electrons. The quantitative estimate of drug-likeness (QED) is 0.866. The minimum Gasteiger partial charge on any atom is -0.497 e. The Bertz CT molecular complexity index is 505. The van der Waals surface area contributed by atoms with E-state index in [9.17, 15) is 4.79 Å². The minimum atomic E-state index is -0.434. The molecule has 1 unspecified atom stereocenters. The summed E-state index contributed by atoms with van der Waals surface area (Å²) in [6.45, 7) is 5.89. The van der Waals surface area contributed by atoms with E-state index >= 15 is 0 Å². The Morgan fingerprint density at radius 3 is 2.81 bits per heavy atom. The van der Waals surface area contributed by atoms with Crippen LogP contribution < -0.4 is 10.1 Å². The van der Waals surface area contributed by atoms with Gasteiger partial charge >= 0.3 is 5.97 Å². The number of carbonyl (C=O) groups is 1. The summed E-state index contributed by atoms with van der Waals surface area (Å²) in [5.41, 5.74) is 2.14. The number of carbonyl (C=O) groups excluding carboxylic acids is 1. The third kappa shape index (κ3) is 4.46. The molecule has 21 heavy (non-hydrogen) atoms. The van der Waals surface area contributed by atoms with Gasteiger partial charge in [0.05, 0.1) is 13.7 Å². The van der Waals surface area contributed by atoms with E-state index in [1.165, 1.54) is 11.1 Å². The lowest BCUT2D eigenvalue weighted by Gasteiger charge is -2.27. The van der Waals surface area contributed by atoms with E-state index in [0.29, 0.717) is 0 Å². The van der Waals surface area contributed by atoms with Gasteiger partial charge in [-0.2, -0.15) is 0 Å². The summed E-state index contributed by atoms with van der Waals surface area (Å²) in [7, 11) is 1.68. The average Bonchev–Trinajstić information content (AvgIpc) is 2.42. The van der Waals surface area contributed by atoms with Crippen molar-refractivity contribution in [3.63, 3.8) is 0 Å². The molecule has 1 atom stereocenters. The van der Waals surface area contributed by atoms with Crippen molar-refractivity contribution >= 4 is 5.97 Å². The van der Waals surface area contributed by atoms with Crippen molar-refractivity contribution in [2.24, 2.45) is 0 Å². The van der Waals surface area contributed by atoms with Gasteiger partial charge in [0.15, 0.2) is 0 Å². The van der Waals surface area contributed by atoms with Crippen LogP contribution in [0.15, 0.2) is 18.2 Å². The summed E-state index contributed by atoms with van der Waals surface area (Å²) in [4.78, 5) is 11.8. The predicted molar refractivity (Wildman–Crippen MR) is 82.5 cm³/mol. The summed E-state index contributed by atoms with van der Waals surface area (Å²) in [6.07, 6.45) is 3.23. The highest BCUT2D eigenvalue weighted by molar-refractivity contribution is 5.72. The van der Waals surface area contributed by atoms with Gasteiger partial charge in [-0.05, 0) is 63.3 Å². The Labute approximate surface area is 126 Å². The second-order valence-corrected chi connectivity index (χ2v) is 6.48. The van der Waals surface area contributed by atoms with E-state index in [2.05, 4.69) is 17.4 Å². The van der Waals surface area contributed by atoms with Gasteiger partial charge in [-0.25, -0.2) is 0 Å². The molecule has 4 nitrogen and oxygen atoms in total.